The van der Waals surface area contributed by atoms with E-state index in [1.54, 1.807) is 31.4 Å². The highest BCUT2D eigenvalue weighted by molar-refractivity contribution is 9.10. The molecule has 0 radical (unpaired) electrons. The first-order valence-corrected chi connectivity index (χ1v) is 9.66. The summed E-state index contributed by atoms with van der Waals surface area (Å²) in [6.45, 7) is 0. The molecule has 4 rings (SSSR count). The van der Waals surface area contributed by atoms with Gasteiger partial charge in [0.1, 0.15) is 5.75 Å². The lowest BCUT2D eigenvalue weighted by Crippen LogP contribution is -2.30. The maximum absolute atomic E-state index is 12.5. The Balaban J connectivity index is 1.65. The van der Waals surface area contributed by atoms with Crippen LogP contribution in [0.15, 0.2) is 77.3 Å². The number of hydrogen-bond acceptors (Lipinski definition) is 5. The number of hydrazine groups is 1. The number of fused-ring (bicyclic) bond motifs is 1. The van der Waals surface area contributed by atoms with Gasteiger partial charge in [-0.1, -0.05) is 52.3 Å². The van der Waals surface area contributed by atoms with E-state index in [2.05, 4.69) is 36.7 Å². The van der Waals surface area contributed by atoms with Crippen molar-refractivity contribution < 1.29 is 9.53 Å². The molecule has 29 heavy (non-hydrogen) atoms. The van der Waals surface area contributed by atoms with Crippen molar-refractivity contribution in [2.75, 3.05) is 12.5 Å². The first kappa shape index (κ1) is 18.9. The Labute approximate surface area is 176 Å². The quantitative estimate of drug-likeness (QED) is 0.427. The van der Waals surface area contributed by atoms with Crippen molar-refractivity contribution in [3.8, 4) is 17.0 Å². The maximum atomic E-state index is 12.5. The van der Waals surface area contributed by atoms with Crippen LogP contribution in [0.1, 0.15) is 10.4 Å². The minimum Gasteiger partial charge on any atom is -0.497 e. The molecule has 0 spiro atoms. The lowest BCUT2D eigenvalue weighted by Gasteiger charge is -2.12. The number of halogens is 1. The van der Waals surface area contributed by atoms with Gasteiger partial charge in [-0.05, 0) is 36.4 Å². The molecule has 1 amide bonds. The van der Waals surface area contributed by atoms with Gasteiger partial charge in [-0.25, -0.2) is 9.97 Å². The predicted molar refractivity (Wildman–Crippen MR) is 117 cm³/mol. The molecular weight excluding hydrogens is 432 g/mol. The molecule has 1 aromatic heterocycles. The number of ether oxygens (including phenoxy) is 1. The van der Waals surface area contributed by atoms with Crippen LogP contribution in [0.25, 0.3) is 22.2 Å². The van der Waals surface area contributed by atoms with E-state index in [1.165, 1.54) is 0 Å². The van der Waals surface area contributed by atoms with Gasteiger partial charge in [0.2, 0.25) is 5.95 Å². The lowest BCUT2D eigenvalue weighted by atomic mass is 10.1. The standard InChI is InChI=1S/C22H17BrN4O2/c1-29-17-9-5-8-15(12-17)21(28)26-27-22-24-19-11-10-16(23)13-18(19)20(25-22)14-6-3-2-4-7-14/h2-13H,1H3,(H,26,28)(H,24,25,27). The molecule has 0 aliphatic rings. The van der Waals surface area contributed by atoms with Crippen LogP contribution in [0.2, 0.25) is 0 Å². The van der Waals surface area contributed by atoms with Gasteiger partial charge >= 0.3 is 0 Å². The van der Waals surface area contributed by atoms with Crippen LogP contribution in [0, 0.1) is 0 Å². The van der Waals surface area contributed by atoms with Crippen LogP contribution in [0.4, 0.5) is 5.95 Å². The summed E-state index contributed by atoms with van der Waals surface area (Å²) in [7, 11) is 1.56. The van der Waals surface area contributed by atoms with Crippen LogP contribution >= 0.6 is 15.9 Å². The van der Waals surface area contributed by atoms with E-state index in [9.17, 15) is 4.79 Å². The Morgan fingerprint density at radius 2 is 1.79 bits per heavy atom. The molecule has 0 fully saturated rings. The first-order valence-electron chi connectivity index (χ1n) is 8.87. The maximum Gasteiger partial charge on any atom is 0.269 e. The van der Waals surface area contributed by atoms with Crippen molar-refractivity contribution in [1.82, 2.24) is 15.4 Å². The number of methoxy groups -OCH3 is 1. The molecule has 0 atom stereocenters. The predicted octanol–water partition coefficient (Wildman–Crippen LogP) is 4.82. The second-order valence-corrected chi connectivity index (χ2v) is 7.15. The summed E-state index contributed by atoms with van der Waals surface area (Å²) < 4.78 is 6.10. The van der Waals surface area contributed by atoms with Crippen molar-refractivity contribution >= 4 is 38.7 Å². The topological polar surface area (TPSA) is 76.1 Å². The number of carbonyl (C=O) groups excluding carboxylic acids is 1. The third kappa shape index (κ3) is 4.20. The number of aromatic nitrogens is 2. The van der Waals surface area contributed by atoms with Gasteiger partial charge in [-0.3, -0.25) is 15.6 Å². The Morgan fingerprint density at radius 3 is 2.59 bits per heavy atom. The van der Waals surface area contributed by atoms with E-state index >= 15 is 0 Å². The monoisotopic (exact) mass is 448 g/mol. The fraction of sp³-hybridized carbons (Fsp3) is 0.0455. The third-order valence-electron chi connectivity index (χ3n) is 4.32. The van der Waals surface area contributed by atoms with Gasteiger partial charge in [0.25, 0.3) is 5.91 Å². The largest absolute Gasteiger partial charge is 0.497 e. The second-order valence-electron chi connectivity index (χ2n) is 6.23. The Bertz CT molecular complexity index is 1180. The summed E-state index contributed by atoms with van der Waals surface area (Å²) in [6, 6.07) is 22.5. The molecule has 1 heterocycles. The van der Waals surface area contributed by atoms with E-state index in [0.29, 0.717) is 17.3 Å². The SMILES string of the molecule is COc1cccc(C(=O)NNc2nc(-c3ccccc3)c3cc(Br)ccc3n2)c1. The summed E-state index contributed by atoms with van der Waals surface area (Å²) in [5, 5.41) is 0.912. The number of hydrogen-bond donors (Lipinski definition) is 2. The van der Waals surface area contributed by atoms with Gasteiger partial charge in [0, 0.05) is 21.0 Å². The molecule has 0 unspecified atom stereocenters. The fourth-order valence-corrected chi connectivity index (χ4v) is 3.28. The molecule has 144 valence electrons. The molecule has 7 heteroatoms. The van der Waals surface area contributed by atoms with Crippen LogP contribution < -0.4 is 15.6 Å². The van der Waals surface area contributed by atoms with Gasteiger partial charge in [0.05, 0.1) is 18.3 Å². The molecule has 3 aromatic carbocycles. The molecule has 0 bridgehead atoms. The van der Waals surface area contributed by atoms with Gasteiger partial charge < -0.3 is 4.74 Å². The van der Waals surface area contributed by atoms with Gasteiger partial charge in [-0.15, -0.1) is 0 Å². The highest BCUT2D eigenvalue weighted by Gasteiger charge is 2.12. The Kier molecular flexibility index (Phi) is 5.39. The van der Waals surface area contributed by atoms with E-state index in [-0.39, 0.29) is 5.91 Å². The number of nitrogens with zero attached hydrogens (tertiary/aromatic N) is 2. The summed E-state index contributed by atoms with van der Waals surface area (Å²) in [5.41, 5.74) is 8.42. The van der Waals surface area contributed by atoms with Crippen molar-refractivity contribution in [2.45, 2.75) is 0 Å². The number of carbonyl (C=O) groups is 1. The number of anilines is 1. The first-order chi connectivity index (χ1) is 14.1. The van der Waals surface area contributed by atoms with Crippen LogP contribution in [0.5, 0.6) is 5.75 Å². The lowest BCUT2D eigenvalue weighted by molar-refractivity contribution is 0.0962. The second kappa shape index (κ2) is 8.28. The molecule has 0 saturated heterocycles. The third-order valence-corrected chi connectivity index (χ3v) is 4.82. The average molecular weight is 449 g/mol. The van der Waals surface area contributed by atoms with E-state index in [1.807, 2.05) is 48.5 Å². The van der Waals surface area contributed by atoms with E-state index < -0.39 is 0 Å². The van der Waals surface area contributed by atoms with Gasteiger partial charge in [0.15, 0.2) is 0 Å². The smallest absolute Gasteiger partial charge is 0.269 e. The average Bonchev–Trinajstić information content (AvgIpc) is 2.77. The summed E-state index contributed by atoms with van der Waals surface area (Å²) in [4.78, 5) is 21.6. The molecule has 4 aromatic rings. The molecule has 0 saturated carbocycles. The summed E-state index contributed by atoms with van der Waals surface area (Å²) in [5.74, 6) is 0.594. The van der Waals surface area contributed by atoms with Crippen LogP contribution in [-0.4, -0.2) is 23.0 Å². The Hall–Kier alpha value is -3.45. The van der Waals surface area contributed by atoms with Gasteiger partial charge in [-0.2, -0.15) is 0 Å². The zero-order valence-corrected chi connectivity index (χ0v) is 17.1. The van der Waals surface area contributed by atoms with Crippen molar-refractivity contribution in [2.24, 2.45) is 0 Å². The minimum absolute atomic E-state index is 0.301. The van der Waals surface area contributed by atoms with Crippen molar-refractivity contribution in [3.05, 3.63) is 82.8 Å². The number of benzene rings is 3. The molecular formula is C22H17BrN4O2. The fourth-order valence-electron chi connectivity index (χ4n) is 2.92. The highest BCUT2D eigenvalue weighted by Crippen LogP contribution is 2.29. The van der Waals surface area contributed by atoms with Crippen LogP contribution in [0.3, 0.4) is 0 Å². The summed E-state index contributed by atoms with van der Waals surface area (Å²) in [6.07, 6.45) is 0. The minimum atomic E-state index is -0.315. The normalized spacial score (nSPS) is 10.6. The van der Waals surface area contributed by atoms with Crippen molar-refractivity contribution in [3.63, 3.8) is 0 Å². The van der Waals surface area contributed by atoms with Crippen LogP contribution in [-0.2, 0) is 0 Å². The molecule has 0 aliphatic heterocycles. The number of nitrogens with one attached hydrogen (secondary N) is 2. The molecule has 0 aliphatic carbocycles. The van der Waals surface area contributed by atoms with E-state index in [4.69, 9.17) is 4.74 Å². The molecule has 6 nitrogen and oxygen atoms in total. The molecule has 2 N–H and O–H groups in total. The highest BCUT2D eigenvalue weighted by atomic mass is 79.9. The Morgan fingerprint density at radius 1 is 0.966 bits per heavy atom. The van der Waals surface area contributed by atoms with E-state index in [0.717, 1.165) is 26.6 Å². The zero-order chi connectivity index (χ0) is 20.2. The summed E-state index contributed by atoms with van der Waals surface area (Å²) >= 11 is 3.51. The number of amides is 1. The van der Waals surface area contributed by atoms with Crippen molar-refractivity contribution in [1.29, 1.82) is 0 Å². The zero-order valence-electron chi connectivity index (χ0n) is 15.5. The number of rotatable bonds is 5.